The van der Waals surface area contributed by atoms with E-state index in [2.05, 4.69) is 0 Å². The normalized spacial score (nSPS) is 25.4. The van der Waals surface area contributed by atoms with E-state index in [4.69, 9.17) is 4.74 Å². The van der Waals surface area contributed by atoms with E-state index in [1.165, 1.54) is 18.2 Å². The zero-order valence-corrected chi connectivity index (χ0v) is 13.5. The molecule has 1 saturated carbocycles. The van der Waals surface area contributed by atoms with Crippen molar-refractivity contribution in [3.63, 3.8) is 0 Å². The highest BCUT2D eigenvalue weighted by Gasteiger charge is 2.41. The molecule has 2 fully saturated rings. The Morgan fingerprint density at radius 3 is 2.75 bits per heavy atom. The average molecular weight is 332 g/mol. The number of ether oxygens (including phenoxy) is 1. The first-order chi connectivity index (χ1) is 11.5. The first-order valence-electron chi connectivity index (χ1n) is 8.20. The van der Waals surface area contributed by atoms with Crippen molar-refractivity contribution in [3.05, 3.63) is 39.9 Å². The average Bonchev–Trinajstić information content (AvgIpc) is 3.12. The summed E-state index contributed by atoms with van der Waals surface area (Å²) in [6.45, 7) is 2.69. The topological polar surface area (TPSA) is 89.8 Å². The Hall–Kier alpha value is -2.44. The molecule has 1 aliphatic carbocycles. The van der Waals surface area contributed by atoms with Gasteiger partial charge in [0.1, 0.15) is 12.2 Å². The van der Waals surface area contributed by atoms with Crippen molar-refractivity contribution < 1.29 is 19.2 Å². The maximum atomic E-state index is 12.7. The number of hydrogen-bond acceptors (Lipinski definition) is 5. The number of likely N-dealkylation sites (tertiary alicyclic amines) is 1. The third kappa shape index (κ3) is 3.25. The van der Waals surface area contributed by atoms with Crippen LogP contribution in [0.25, 0.3) is 0 Å². The van der Waals surface area contributed by atoms with E-state index < -0.39 is 4.92 Å². The van der Waals surface area contributed by atoms with Crippen molar-refractivity contribution in [3.8, 4) is 0 Å². The third-order valence-electron chi connectivity index (χ3n) is 4.80. The molecule has 2 aliphatic rings. The maximum absolute atomic E-state index is 12.7. The molecule has 7 nitrogen and oxygen atoms in total. The highest BCUT2D eigenvalue weighted by Crippen LogP contribution is 2.38. The van der Waals surface area contributed by atoms with E-state index in [9.17, 15) is 19.7 Å². The molecule has 1 aromatic carbocycles. The van der Waals surface area contributed by atoms with Crippen molar-refractivity contribution in [1.82, 2.24) is 4.90 Å². The fourth-order valence-corrected chi connectivity index (χ4v) is 3.18. The van der Waals surface area contributed by atoms with E-state index in [0.29, 0.717) is 12.5 Å². The fraction of sp³-hybridized carbons (Fsp3) is 0.529. The number of nitro groups is 1. The van der Waals surface area contributed by atoms with E-state index in [-0.39, 0.29) is 41.7 Å². The molecule has 1 saturated heterocycles. The second-order valence-electron chi connectivity index (χ2n) is 6.52. The van der Waals surface area contributed by atoms with Crippen molar-refractivity contribution in [2.75, 3.05) is 13.2 Å². The highest BCUT2D eigenvalue weighted by molar-refractivity contribution is 5.98. The standard InChI is InChI=1S/C17H20N2O5/c1-11-9-14(11)17(21)24-10-12-5-4-8-18(12)16(20)13-6-2-3-7-15(13)19(22)23/h2-3,6-7,11-12,14H,4-5,8-10H2,1H3/t11-,12-,14-/m1/s1. The predicted octanol–water partition coefficient (Wildman–Crippen LogP) is 2.40. The largest absolute Gasteiger partial charge is 0.463 e. The van der Waals surface area contributed by atoms with Gasteiger partial charge in [0.05, 0.1) is 16.9 Å². The van der Waals surface area contributed by atoms with E-state index in [1.54, 1.807) is 11.0 Å². The minimum Gasteiger partial charge on any atom is -0.463 e. The van der Waals surface area contributed by atoms with Crippen molar-refractivity contribution >= 4 is 17.6 Å². The Bertz CT molecular complexity index is 675. The summed E-state index contributed by atoms with van der Waals surface area (Å²) in [4.78, 5) is 36.7. The van der Waals surface area contributed by atoms with E-state index in [0.717, 1.165) is 19.3 Å². The zero-order valence-electron chi connectivity index (χ0n) is 13.5. The number of nitro benzene ring substituents is 1. The first kappa shape index (κ1) is 16.4. The van der Waals surface area contributed by atoms with Gasteiger partial charge in [-0.1, -0.05) is 19.1 Å². The van der Waals surface area contributed by atoms with Gasteiger partial charge in [-0.2, -0.15) is 0 Å². The van der Waals surface area contributed by atoms with E-state index >= 15 is 0 Å². The van der Waals surface area contributed by atoms with Gasteiger partial charge in [-0.15, -0.1) is 0 Å². The summed E-state index contributed by atoms with van der Waals surface area (Å²) >= 11 is 0. The Labute approximate surface area is 139 Å². The molecule has 0 aromatic heterocycles. The SMILES string of the molecule is C[C@@H]1C[C@H]1C(=O)OC[C@H]1CCCN1C(=O)c1ccccc1[N+](=O)[O-]. The van der Waals surface area contributed by atoms with Gasteiger partial charge >= 0.3 is 5.97 Å². The number of benzene rings is 1. The van der Waals surface area contributed by atoms with Gasteiger partial charge in [0, 0.05) is 12.6 Å². The lowest BCUT2D eigenvalue weighted by Gasteiger charge is -2.24. The van der Waals surface area contributed by atoms with Crippen LogP contribution in [-0.4, -0.2) is 40.9 Å². The van der Waals surface area contributed by atoms with Gasteiger partial charge in [0.2, 0.25) is 0 Å². The molecule has 128 valence electrons. The molecule has 0 N–H and O–H groups in total. The summed E-state index contributed by atoms with van der Waals surface area (Å²) in [5.41, 5.74) is -0.117. The lowest BCUT2D eigenvalue weighted by Crippen LogP contribution is -2.39. The lowest BCUT2D eigenvalue weighted by atomic mass is 10.1. The molecule has 0 radical (unpaired) electrons. The number of para-hydroxylation sites is 1. The molecule has 1 heterocycles. The highest BCUT2D eigenvalue weighted by atomic mass is 16.6. The van der Waals surface area contributed by atoms with Crippen LogP contribution in [-0.2, 0) is 9.53 Å². The van der Waals surface area contributed by atoms with Crippen LogP contribution in [0.4, 0.5) is 5.69 Å². The Kier molecular flexibility index (Phi) is 4.51. The molecule has 0 bridgehead atoms. The van der Waals surface area contributed by atoms with Crippen LogP contribution < -0.4 is 0 Å². The van der Waals surface area contributed by atoms with Crippen LogP contribution >= 0.6 is 0 Å². The number of esters is 1. The number of carbonyl (C=O) groups is 2. The van der Waals surface area contributed by atoms with E-state index in [1.807, 2.05) is 6.92 Å². The summed E-state index contributed by atoms with van der Waals surface area (Å²) in [6.07, 6.45) is 2.40. The third-order valence-corrected chi connectivity index (χ3v) is 4.80. The van der Waals surface area contributed by atoms with Crippen LogP contribution in [0.5, 0.6) is 0 Å². The molecule has 3 rings (SSSR count). The summed E-state index contributed by atoms with van der Waals surface area (Å²) in [5.74, 6) is -0.204. The molecule has 24 heavy (non-hydrogen) atoms. The molecule has 1 aromatic rings. The van der Waals surface area contributed by atoms with Gasteiger partial charge < -0.3 is 9.64 Å². The number of amides is 1. The molecule has 3 atom stereocenters. The van der Waals surface area contributed by atoms with Gasteiger partial charge in [-0.3, -0.25) is 19.7 Å². The van der Waals surface area contributed by atoms with Gasteiger partial charge in [-0.05, 0) is 31.2 Å². The summed E-state index contributed by atoms with van der Waals surface area (Å²) in [6, 6.07) is 5.73. The summed E-state index contributed by atoms with van der Waals surface area (Å²) in [7, 11) is 0. The molecule has 7 heteroatoms. The van der Waals surface area contributed by atoms with Crippen LogP contribution in [0.2, 0.25) is 0 Å². The molecule has 0 spiro atoms. The number of nitrogens with zero attached hydrogens (tertiary/aromatic N) is 2. The molecular weight excluding hydrogens is 312 g/mol. The predicted molar refractivity (Wildman–Crippen MR) is 85.4 cm³/mol. The van der Waals surface area contributed by atoms with Crippen molar-refractivity contribution in [1.29, 1.82) is 0 Å². The van der Waals surface area contributed by atoms with Crippen LogP contribution in [0.3, 0.4) is 0 Å². The minimum absolute atomic E-state index is 0.00855. The fourth-order valence-electron chi connectivity index (χ4n) is 3.18. The Morgan fingerprint density at radius 2 is 2.08 bits per heavy atom. The second kappa shape index (κ2) is 6.59. The molecule has 1 aliphatic heterocycles. The number of carbonyl (C=O) groups excluding carboxylic acids is 2. The van der Waals surface area contributed by atoms with Crippen molar-refractivity contribution in [2.24, 2.45) is 11.8 Å². The number of rotatable bonds is 5. The number of hydrogen-bond donors (Lipinski definition) is 0. The summed E-state index contributed by atoms with van der Waals surface area (Å²) in [5, 5.41) is 11.1. The maximum Gasteiger partial charge on any atom is 0.309 e. The lowest BCUT2D eigenvalue weighted by molar-refractivity contribution is -0.385. The Balaban J connectivity index is 1.67. The molecule has 0 unspecified atom stereocenters. The monoisotopic (exact) mass is 332 g/mol. The van der Waals surface area contributed by atoms with Gasteiger partial charge in [0.15, 0.2) is 0 Å². The molecule has 1 amide bonds. The van der Waals surface area contributed by atoms with Crippen molar-refractivity contribution in [2.45, 2.75) is 32.2 Å². The first-order valence-corrected chi connectivity index (χ1v) is 8.20. The van der Waals surface area contributed by atoms with Crippen LogP contribution in [0.1, 0.15) is 36.5 Å². The van der Waals surface area contributed by atoms with Crippen LogP contribution in [0, 0.1) is 22.0 Å². The second-order valence-corrected chi connectivity index (χ2v) is 6.52. The summed E-state index contributed by atoms with van der Waals surface area (Å²) < 4.78 is 5.35. The Morgan fingerprint density at radius 1 is 1.38 bits per heavy atom. The van der Waals surface area contributed by atoms with Gasteiger partial charge in [-0.25, -0.2) is 0 Å². The molecular formula is C17H20N2O5. The zero-order chi connectivity index (χ0) is 17.3. The van der Waals surface area contributed by atoms with Crippen LogP contribution in [0.15, 0.2) is 24.3 Å². The van der Waals surface area contributed by atoms with Gasteiger partial charge in [0.25, 0.3) is 11.6 Å². The minimum atomic E-state index is -0.549. The quantitative estimate of drug-likeness (QED) is 0.469. The smallest absolute Gasteiger partial charge is 0.309 e.